The van der Waals surface area contributed by atoms with Gasteiger partial charge in [0.2, 0.25) is 0 Å². The monoisotopic (exact) mass is 333 g/mol. The van der Waals surface area contributed by atoms with Crippen LogP contribution >= 0.6 is 15.9 Å². The number of rotatable bonds is 3. The Balaban J connectivity index is 2.45. The van der Waals surface area contributed by atoms with Gasteiger partial charge in [0.25, 0.3) is 5.91 Å². The average molecular weight is 334 g/mol. The van der Waals surface area contributed by atoms with Gasteiger partial charge in [0.05, 0.1) is 5.56 Å². The summed E-state index contributed by atoms with van der Waals surface area (Å²) >= 11 is 3.32. The zero-order chi connectivity index (χ0) is 14.7. The molecule has 2 aromatic rings. The number of nitrogens with zero attached hydrogens (tertiary/aromatic N) is 2. The summed E-state index contributed by atoms with van der Waals surface area (Å²) in [6.07, 6.45) is 1.58. The van der Waals surface area contributed by atoms with Crippen LogP contribution in [0, 0.1) is 6.92 Å². The predicted octanol–water partition coefficient (Wildman–Crippen LogP) is 3.40. The molecule has 0 fully saturated rings. The van der Waals surface area contributed by atoms with Gasteiger partial charge in [0, 0.05) is 22.9 Å². The van der Waals surface area contributed by atoms with Gasteiger partial charge >= 0.3 is 0 Å². The third kappa shape index (κ3) is 2.82. The van der Waals surface area contributed by atoms with E-state index >= 15 is 0 Å². The quantitative estimate of drug-likeness (QED) is 0.936. The van der Waals surface area contributed by atoms with Gasteiger partial charge in [-0.15, -0.1) is 0 Å². The second kappa shape index (κ2) is 6.05. The molecule has 1 amide bonds. The minimum absolute atomic E-state index is 0.145. The standard InChI is InChI=1S/C15H16BrN3O/c1-3-19(13-7-5-4-6-10(13)2)15(20)12-8-11(16)9-18-14(12)17/h4-9H,3H2,1-2H3,(H2,17,18). The first kappa shape index (κ1) is 14.5. The minimum Gasteiger partial charge on any atom is -0.383 e. The number of hydrogen-bond acceptors (Lipinski definition) is 3. The van der Waals surface area contributed by atoms with E-state index in [9.17, 15) is 4.79 Å². The molecule has 0 unspecified atom stereocenters. The Kier molecular flexibility index (Phi) is 4.39. The normalized spacial score (nSPS) is 10.3. The topological polar surface area (TPSA) is 59.2 Å². The lowest BCUT2D eigenvalue weighted by Crippen LogP contribution is -2.32. The largest absolute Gasteiger partial charge is 0.383 e. The molecule has 2 rings (SSSR count). The van der Waals surface area contributed by atoms with Crippen molar-refractivity contribution in [1.82, 2.24) is 4.98 Å². The van der Waals surface area contributed by atoms with Crippen LogP contribution in [-0.2, 0) is 0 Å². The van der Waals surface area contributed by atoms with Crippen molar-refractivity contribution in [2.24, 2.45) is 0 Å². The fraction of sp³-hybridized carbons (Fsp3) is 0.200. The van der Waals surface area contributed by atoms with Crippen LogP contribution in [0.25, 0.3) is 0 Å². The highest BCUT2D eigenvalue weighted by Crippen LogP contribution is 2.24. The van der Waals surface area contributed by atoms with Crippen molar-refractivity contribution in [1.29, 1.82) is 0 Å². The molecule has 5 heteroatoms. The van der Waals surface area contributed by atoms with Crippen molar-refractivity contribution in [3.8, 4) is 0 Å². The molecular weight excluding hydrogens is 318 g/mol. The van der Waals surface area contributed by atoms with Crippen molar-refractivity contribution in [2.45, 2.75) is 13.8 Å². The number of aromatic nitrogens is 1. The summed E-state index contributed by atoms with van der Waals surface area (Å²) in [6, 6.07) is 9.48. The van der Waals surface area contributed by atoms with Gasteiger partial charge in [0.15, 0.2) is 0 Å². The number of nitrogens with two attached hydrogens (primary N) is 1. The number of para-hydroxylation sites is 1. The smallest absolute Gasteiger partial charge is 0.262 e. The third-order valence-corrected chi connectivity index (χ3v) is 3.52. The summed E-state index contributed by atoms with van der Waals surface area (Å²) in [6.45, 7) is 4.48. The van der Waals surface area contributed by atoms with Gasteiger partial charge in [0.1, 0.15) is 5.82 Å². The Morgan fingerprint density at radius 2 is 2.10 bits per heavy atom. The van der Waals surface area contributed by atoms with Gasteiger partial charge in [-0.3, -0.25) is 4.79 Å². The lowest BCUT2D eigenvalue weighted by molar-refractivity contribution is 0.0988. The van der Waals surface area contributed by atoms with Crippen LogP contribution in [0.2, 0.25) is 0 Å². The highest BCUT2D eigenvalue weighted by Gasteiger charge is 2.20. The van der Waals surface area contributed by atoms with Crippen LogP contribution in [-0.4, -0.2) is 17.4 Å². The summed E-state index contributed by atoms with van der Waals surface area (Å²) in [5.41, 5.74) is 8.16. The van der Waals surface area contributed by atoms with Crippen LogP contribution in [0.3, 0.4) is 0 Å². The van der Waals surface area contributed by atoms with E-state index in [0.717, 1.165) is 15.7 Å². The van der Waals surface area contributed by atoms with Crippen molar-refractivity contribution in [3.63, 3.8) is 0 Å². The van der Waals surface area contributed by atoms with E-state index in [4.69, 9.17) is 5.73 Å². The van der Waals surface area contributed by atoms with Gasteiger partial charge in [-0.05, 0) is 47.5 Å². The summed E-state index contributed by atoms with van der Waals surface area (Å²) in [5, 5.41) is 0. The molecule has 2 N–H and O–H groups in total. The highest BCUT2D eigenvalue weighted by molar-refractivity contribution is 9.10. The van der Waals surface area contributed by atoms with Crippen LogP contribution in [0.4, 0.5) is 11.5 Å². The Morgan fingerprint density at radius 1 is 1.40 bits per heavy atom. The Labute approximate surface area is 126 Å². The van der Waals surface area contributed by atoms with E-state index in [1.807, 2.05) is 38.1 Å². The van der Waals surface area contributed by atoms with E-state index in [2.05, 4.69) is 20.9 Å². The molecule has 0 bridgehead atoms. The molecule has 0 spiro atoms. The van der Waals surface area contributed by atoms with Crippen molar-refractivity contribution >= 4 is 33.3 Å². The number of nitrogen functional groups attached to an aromatic ring is 1. The van der Waals surface area contributed by atoms with E-state index in [1.54, 1.807) is 17.2 Å². The zero-order valence-electron chi connectivity index (χ0n) is 11.4. The number of halogens is 1. The first-order valence-electron chi connectivity index (χ1n) is 6.33. The highest BCUT2D eigenvalue weighted by atomic mass is 79.9. The molecule has 1 aromatic carbocycles. The molecular formula is C15H16BrN3O. The van der Waals surface area contributed by atoms with Crippen LogP contribution in [0.15, 0.2) is 41.0 Å². The maximum Gasteiger partial charge on any atom is 0.262 e. The maximum atomic E-state index is 12.7. The molecule has 0 radical (unpaired) electrons. The Morgan fingerprint density at radius 3 is 2.75 bits per heavy atom. The summed E-state index contributed by atoms with van der Waals surface area (Å²) in [5.74, 6) is 0.0957. The number of carbonyl (C=O) groups is 1. The Hall–Kier alpha value is -1.88. The van der Waals surface area contributed by atoms with E-state index < -0.39 is 0 Å². The van der Waals surface area contributed by atoms with Gasteiger partial charge in [-0.1, -0.05) is 18.2 Å². The second-order valence-corrected chi connectivity index (χ2v) is 5.34. The molecule has 20 heavy (non-hydrogen) atoms. The van der Waals surface area contributed by atoms with Gasteiger partial charge < -0.3 is 10.6 Å². The number of hydrogen-bond donors (Lipinski definition) is 1. The molecule has 0 aliphatic rings. The van der Waals surface area contributed by atoms with Gasteiger partial charge in [-0.2, -0.15) is 0 Å². The zero-order valence-corrected chi connectivity index (χ0v) is 13.0. The molecule has 1 aromatic heterocycles. The lowest BCUT2D eigenvalue weighted by atomic mass is 10.1. The number of benzene rings is 1. The van der Waals surface area contributed by atoms with E-state index in [1.165, 1.54) is 0 Å². The van der Waals surface area contributed by atoms with Crippen molar-refractivity contribution < 1.29 is 4.79 Å². The molecule has 1 heterocycles. The number of pyridine rings is 1. The molecule has 0 saturated carbocycles. The SMILES string of the molecule is CCN(C(=O)c1cc(Br)cnc1N)c1ccccc1C. The number of anilines is 2. The number of amides is 1. The molecule has 0 aliphatic heterocycles. The fourth-order valence-corrected chi connectivity index (χ4v) is 2.39. The summed E-state index contributed by atoms with van der Waals surface area (Å²) in [7, 11) is 0. The minimum atomic E-state index is -0.145. The second-order valence-electron chi connectivity index (χ2n) is 4.42. The van der Waals surface area contributed by atoms with Crippen LogP contribution in [0.5, 0.6) is 0 Å². The summed E-state index contributed by atoms with van der Waals surface area (Å²) in [4.78, 5) is 18.4. The average Bonchev–Trinajstić information content (AvgIpc) is 2.44. The fourth-order valence-electron chi connectivity index (χ4n) is 2.06. The predicted molar refractivity (Wildman–Crippen MR) is 84.9 cm³/mol. The first-order chi connectivity index (χ1) is 9.54. The van der Waals surface area contributed by atoms with Crippen LogP contribution < -0.4 is 10.6 Å². The van der Waals surface area contributed by atoms with Crippen LogP contribution in [0.1, 0.15) is 22.8 Å². The molecule has 104 valence electrons. The Bertz CT molecular complexity index is 643. The lowest BCUT2D eigenvalue weighted by Gasteiger charge is -2.23. The molecule has 4 nitrogen and oxygen atoms in total. The van der Waals surface area contributed by atoms with E-state index in [-0.39, 0.29) is 11.7 Å². The third-order valence-electron chi connectivity index (χ3n) is 3.08. The summed E-state index contributed by atoms with van der Waals surface area (Å²) < 4.78 is 0.732. The maximum absolute atomic E-state index is 12.7. The number of carbonyl (C=O) groups excluding carboxylic acids is 1. The van der Waals surface area contributed by atoms with Crippen molar-refractivity contribution in [3.05, 3.63) is 52.1 Å². The first-order valence-corrected chi connectivity index (χ1v) is 7.12. The van der Waals surface area contributed by atoms with Crippen molar-refractivity contribution in [2.75, 3.05) is 17.2 Å². The van der Waals surface area contributed by atoms with E-state index in [0.29, 0.717) is 12.1 Å². The molecule has 0 atom stereocenters. The molecule has 0 saturated heterocycles. The number of aryl methyl sites for hydroxylation is 1. The molecule has 0 aliphatic carbocycles. The van der Waals surface area contributed by atoms with Gasteiger partial charge in [-0.25, -0.2) is 4.98 Å².